The summed E-state index contributed by atoms with van der Waals surface area (Å²) in [6, 6.07) is 0.267. The van der Waals surface area contributed by atoms with Gasteiger partial charge in [-0.15, -0.1) is 0 Å². The first kappa shape index (κ1) is 20.1. The number of likely N-dealkylation sites (tertiary alicyclic amines) is 2. The highest BCUT2D eigenvalue weighted by Crippen LogP contribution is 2.33. The number of aryl methyl sites for hydroxylation is 1. The molecule has 0 bridgehead atoms. The van der Waals surface area contributed by atoms with Crippen molar-refractivity contribution in [2.24, 2.45) is 11.8 Å². The van der Waals surface area contributed by atoms with E-state index in [-0.39, 0.29) is 23.8 Å². The minimum atomic E-state index is -0.0127. The van der Waals surface area contributed by atoms with Gasteiger partial charge in [-0.1, -0.05) is 13.8 Å². The van der Waals surface area contributed by atoms with E-state index in [0.29, 0.717) is 37.0 Å². The van der Waals surface area contributed by atoms with Gasteiger partial charge in [0.25, 0.3) is 5.91 Å². The number of nitrogens with zero attached hydrogens (tertiary/aromatic N) is 4. The van der Waals surface area contributed by atoms with Crippen molar-refractivity contribution in [2.45, 2.75) is 71.3 Å². The van der Waals surface area contributed by atoms with E-state index < -0.39 is 0 Å². The van der Waals surface area contributed by atoms with Crippen molar-refractivity contribution in [3.8, 4) is 0 Å². The molecule has 3 heterocycles. The maximum Gasteiger partial charge on any atom is 0.272 e. The Balaban J connectivity index is 1.50. The average Bonchev–Trinajstić information content (AvgIpc) is 2.71. The van der Waals surface area contributed by atoms with Crippen LogP contribution in [0.3, 0.4) is 0 Å². The lowest BCUT2D eigenvalue weighted by molar-refractivity contribution is -0.140. The third-order valence-electron chi connectivity index (χ3n) is 6.78. The van der Waals surface area contributed by atoms with Crippen LogP contribution in [0.5, 0.6) is 0 Å². The number of piperidine rings is 2. The van der Waals surface area contributed by atoms with Gasteiger partial charge in [0.2, 0.25) is 11.9 Å². The SMILES string of the molecule is CC(C)CCN1C(=O)CCC2CN(C(=O)c3nc(N)nc4c3CCCC4)CCC21. The van der Waals surface area contributed by atoms with Gasteiger partial charge in [0.05, 0.1) is 0 Å². The molecule has 7 nitrogen and oxygen atoms in total. The number of aromatic nitrogens is 2. The second-order valence-corrected chi connectivity index (χ2v) is 9.24. The van der Waals surface area contributed by atoms with E-state index in [1.807, 2.05) is 4.90 Å². The molecule has 3 aliphatic rings. The lowest BCUT2D eigenvalue weighted by atomic mass is 9.83. The largest absolute Gasteiger partial charge is 0.368 e. The van der Waals surface area contributed by atoms with Crippen LogP contribution in [-0.4, -0.2) is 57.3 Å². The number of nitrogen functional groups attached to an aromatic ring is 1. The molecule has 2 unspecified atom stereocenters. The van der Waals surface area contributed by atoms with E-state index in [1.54, 1.807) is 0 Å². The number of rotatable bonds is 4. The van der Waals surface area contributed by atoms with Gasteiger partial charge >= 0.3 is 0 Å². The van der Waals surface area contributed by atoms with Crippen molar-refractivity contribution < 1.29 is 9.59 Å². The molecule has 4 rings (SSSR count). The van der Waals surface area contributed by atoms with Crippen molar-refractivity contribution >= 4 is 17.8 Å². The third-order valence-corrected chi connectivity index (χ3v) is 6.78. The van der Waals surface area contributed by atoms with Crippen LogP contribution in [0, 0.1) is 11.8 Å². The maximum absolute atomic E-state index is 13.4. The topological polar surface area (TPSA) is 92.4 Å². The van der Waals surface area contributed by atoms with Gasteiger partial charge < -0.3 is 15.5 Å². The van der Waals surface area contributed by atoms with Crippen LogP contribution in [0.15, 0.2) is 0 Å². The highest BCUT2D eigenvalue weighted by Gasteiger charge is 2.41. The zero-order valence-corrected chi connectivity index (χ0v) is 17.7. The summed E-state index contributed by atoms with van der Waals surface area (Å²) in [6.45, 7) is 6.60. The zero-order chi connectivity index (χ0) is 20.5. The van der Waals surface area contributed by atoms with Crippen LogP contribution in [-0.2, 0) is 17.6 Å². The van der Waals surface area contributed by atoms with Crippen LogP contribution in [0.25, 0.3) is 0 Å². The van der Waals surface area contributed by atoms with E-state index in [4.69, 9.17) is 5.73 Å². The second kappa shape index (κ2) is 8.28. The Kier molecular flexibility index (Phi) is 5.74. The van der Waals surface area contributed by atoms with E-state index in [0.717, 1.165) is 62.7 Å². The van der Waals surface area contributed by atoms with Crippen molar-refractivity contribution in [1.29, 1.82) is 0 Å². The van der Waals surface area contributed by atoms with Crippen molar-refractivity contribution in [3.63, 3.8) is 0 Å². The molecule has 0 radical (unpaired) electrons. The highest BCUT2D eigenvalue weighted by molar-refractivity contribution is 5.94. The van der Waals surface area contributed by atoms with Gasteiger partial charge in [0.15, 0.2) is 0 Å². The average molecular weight is 400 g/mol. The van der Waals surface area contributed by atoms with Crippen molar-refractivity contribution in [1.82, 2.24) is 19.8 Å². The standard InChI is InChI=1S/C22H33N5O2/c1-14(2)9-12-27-18-10-11-26(13-15(18)7-8-19(27)28)21(29)20-16-5-3-4-6-17(16)24-22(23)25-20/h14-15,18H,3-13H2,1-2H3,(H2,23,24,25). The molecule has 2 atom stereocenters. The summed E-state index contributed by atoms with van der Waals surface area (Å²) in [5.41, 5.74) is 8.36. The van der Waals surface area contributed by atoms with Crippen molar-refractivity contribution in [2.75, 3.05) is 25.4 Å². The summed E-state index contributed by atoms with van der Waals surface area (Å²) in [4.78, 5) is 38.6. The maximum atomic E-state index is 13.4. The molecule has 2 N–H and O–H groups in total. The van der Waals surface area contributed by atoms with Crippen molar-refractivity contribution in [3.05, 3.63) is 17.0 Å². The number of amides is 2. The van der Waals surface area contributed by atoms with Crippen LogP contribution >= 0.6 is 0 Å². The Bertz CT molecular complexity index is 794. The smallest absolute Gasteiger partial charge is 0.272 e. The van der Waals surface area contributed by atoms with Gasteiger partial charge in [0, 0.05) is 43.4 Å². The molecular weight excluding hydrogens is 366 g/mol. The number of nitrogens with two attached hydrogens (primary N) is 1. The molecular formula is C22H33N5O2. The number of anilines is 1. The number of hydrogen-bond donors (Lipinski definition) is 1. The molecule has 0 spiro atoms. The van der Waals surface area contributed by atoms with E-state index in [1.165, 1.54) is 0 Å². The van der Waals surface area contributed by atoms with Gasteiger partial charge in [0.1, 0.15) is 5.69 Å². The number of carbonyl (C=O) groups is 2. The Hall–Kier alpha value is -2.18. The Morgan fingerprint density at radius 3 is 2.76 bits per heavy atom. The first-order valence-corrected chi connectivity index (χ1v) is 11.2. The van der Waals surface area contributed by atoms with Gasteiger partial charge in [-0.05, 0) is 56.8 Å². The van der Waals surface area contributed by atoms with E-state index >= 15 is 0 Å². The predicted molar refractivity (Wildman–Crippen MR) is 111 cm³/mol. The summed E-state index contributed by atoms with van der Waals surface area (Å²) in [5.74, 6) is 1.41. The zero-order valence-electron chi connectivity index (χ0n) is 17.7. The second-order valence-electron chi connectivity index (χ2n) is 9.24. The van der Waals surface area contributed by atoms with Crippen LogP contribution in [0.2, 0.25) is 0 Å². The number of hydrogen-bond acceptors (Lipinski definition) is 5. The number of carbonyl (C=O) groups excluding carboxylic acids is 2. The van der Waals surface area contributed by atoms with Gasteiger partial charge in [-0.25, -0.2) is 9.97 Å². The molecule has 2 saturated heterocycles. The van der Waals surface area contributed by atoms with Gasteiger partial charge in [-0.3, -0.25) is 9.59 Å². The molecule has 0 saturated carbocycles. The summed E-state index contributed by atoms with van der Waals surface area (Å²) >= 11 is 0. The Morgan fingerprint density at radius 1 is 1.17 bits per heavy atom. The van der Waals surface area contributed by atoms with Crippen LogP contribution < -0.4 is 5.73 Å². The lowest BCUT2D eigenvalue weighted by Gasteiger charge is -2.47. The summed E-state index contributed by atoms with van der Waals surface area (Å²) < 4.78 is 0. The molecule has 29 heavy (non-hydrogen) atoms. The monoisotopic (exact) mass is 399 g/mol. The lowest BCUT2D eigenvalue weighted by Crippen LogP contribution is -2.57. The molecule has 2 amide bonds. The predicted octanol–water partition coefficient (Wildman–Crippen LogP) is 2.44. The molecule has 2 aliphatic heterocycles. The molecule has 7 heteroatoms. The Morgan fingerprint density at radius 2 is 1.97 bits per heavy atom. The Labute approximate surface area is 173 Å². The third kappa shape index (κ3) is 4.09. The molecule has 0 aromatic carbocycles. The van der Waals surface area contributed by atoms with Gasteiger partial charge in [-0.2, -0.15) is 0 Å². The summed E-state index contributed by atoms with van der Waals surface area (Å²) in [5, 5.41) is 0. The molecule has 1 aromatic rings. The molecule has 1 aromatic heterocycles. The fraction of sp³-hybridized carbons (Fsp3) is 0.727. The minimum absolute atomic E-state index is 0.0127. The fourth-order valence-electron chi connectivity index (χ4n) is 5.16. The van der Waals surface area contributed by atoms with E-state index in [9.17, 15) is 9.59 Å². The minimum Gasteiger partial charge on any atom is -0.368 e. The molecule has 158 valence electrons. The van der Waals surface area contributed by atoms with Crippen LogP contribution in [0.4, 0.5) is 5.95 Å². The van der Waals surface area contributed by atoms with E-state index in [2.05, 4.69) is 28.7 Å². The number of fused-ring (bicyclic) bond motifs is 2. The quantitative estimate of drug-likeness (QED) is 0.839. The molecule has 2 fully saturated rings. The highest BCUT2D eigenvalue weighted by atomic mass is 16.2. The summed E-state index contributed by atoms with van der Waals surface area (Å²) in [6.07, 6.45) is 7.23. The summed E-state index contributed by atoms with van der Waals surface area (Å²) in [7, 11) is 0. The normalized spacial score (nSPS) is 24.4. The first-order valence-electron chi connectivity index (χ1n) is 11.2. The first-order chi connectivity index (χ1) is 13.9. The van der Waals surface area contributed by atoms with Crippen LogP contribution in [0.1, 0.15) is 74.1 Å². The molecule has 1 aliphatic carbocycles. The fourth-order valence-corrected chi connectivity index (χ4v) is 5.16.